The lowest BCUT2D eigenvalue weighted by Crippen LogP contribution is -2.37. The van der Waals surface area contributed by atoms with E-state index in [0.29, 0.717) is 17.5 Å². The first-order chi connectivity index (χ1) is 15.0. The van der Waals surface area contributed by atoms with Gasteiger partial charge < -0.3 is 9.88 Å². The zero-order valence-electron chi connectivity index (χ0n) is 17.1. The summed E-state index contributed by atoms with van der Waals surface area (Å²) in [6, 6.07) is 15.8. The fourth-order valence-corrected chi connectivity index (χ4v) is 4.49. The van der Waals surface area contributed by atoms with Gasteiger partial charge in [0.05, 0.1) is 11.7 Å². The molecule has 1 aliphatic rings. The topological polar surface area (TPSA) is 68.6 Å². The van der Waals surface area contributed by atoms with E-state index in [1.807, 2.05) is 36.1 Å². The summed E-state index contributed by atoms with van der Waals surface area (Å²) in [6.07, 6.45) is 0.750. The summed E-state index contributed by atoms with van der Waals surface area (Å²) in [4.78, 5) is 14.3. The van der Waals surface area contributed by atoms with Crippen LogP contribution in [-0.2, 0) is 6.42 Å². The highest BCUT2D eigenvalue weighted by molar-refractivity contribution is 6.31. The third-order valence-electron chi connectivity index (χ3n) is 5.85. The van der Waals surface area contributed by atoms with Gasteiger partial charge in [-0.25, -0.2) is 9.37 Å². The highest BCUT2D eigenvalue weighted by Gasteiger charge is 2.34. The Morgan fingerprint density at radius 1 is 1.16 bits per heavy atom. The predicted molar refractivity (Wildman–Crippen MR) is 119 cm³/mol. The van der Waals surface area contributed by atoms with Crippen molar-refractivity contribution in [2.45, 2.75) is 26.3 Å². The van der Waals surface area contributed by atoms with Crippen molar-refractivity contribution in [2.75, 3.05) is 11.4 Å². The molecule has 1 aliphatic heterocycles. The fraction of sp³-hybridized carbons (Fsp3) is 0.208. The van der Waals surface area contributed by atoms with Crippen LogP contribution in [-0.4, -0.2) is 21.5 Å². The molecule has 0 radical (unpaired) electrons. The summed E-state index contributed by atoms with van der Waals surface area (Å²) in [7, 11) is 0. The maximum atomic E-state index is 14.2. The number of fused-ring (bicyclic) bond motifs is 3. The minimum absolute atomic E-state index is 0.165. The van der Waals surface area contributed by atoms with Gasteiger partial charge in [-0.2, -0.15) is 10.2 Å². The fourth-order valence-electron chi connectivity index (χ4n) is 4.32. The molecule has 154 valence electrons. The molecule has 0 unspecified atom stereocenters. The predicted octanol–water partition coefficient (Wildman–Crippen LogP) is 5.39. The van der Waals surface area contributed by atoms with E-state index < -0.39 is 5.82 Å². The largest absolute Gasteiger partial charge is 0.356 e. The van der Waals surface area contributed by atoms with E-state index in [1.165, 1.54) is 5.56 Å². The molecule has 0 saturated carbocycles. The highest BCUT2D eigenvalue weighted by atomic mass is 35.5. The molecule has 1 N–H and O–H groups in total. The Bertz CT molecular complexity index is 1350. The van der Waals surface area contributed by atoms with Crippen molar-refractivity contribution < 1.29 is 4.39 Å². The Balaban J connectivity index is 1.73. The van der Waals surface area contributed by atoms with Crippen molar-refractivity contribution in [3.63, 3.8) is 0 Å². The smallest absolute Gasteiger partial charge is 0.227 e. The van der Waals surface area contributed by atoms with Crippen molar-refractivity contribution >= 4 is 28.5 Å². The lowest BCUT2D eigenvalue weighted by molar-refractivity contribution is 0.582. The third kappa shape index (κ3) is 3.22. The highest BCUT2D eigenvalue weighted by Crippen LogP contribution is 2.40. The Kier molecular flexibility index (Phi) is 4.64. The van der Waals surface area contributed by atoms with Crippen molar-refractivity contribution in [3.8, 4) is 6.07 Å². The molecule has 7 heteroatoms. The number of nitrogens with one attached hydrogen (secondary N) is 1. The Morgan fingerprint density at radius 3 is 2.68 bits per heavy atom. The van der Waals surface area contributed by atoms with Crippen LogP contribution in [0.1, 0.15) is 39.8 Å². The van der Waals surface area contributed by atoms with E-state index in [1.54, 1.807) is 6.92 Å². The van der Waals surface area contributed by atoms with E-state index in [9.17, 15) is 9.65 Å². The molecular weight excluding hydrogens is 413 g/mol. The molecule has 2 aromatic carbocycles. The molecule has 0 bridgehead atoms. The van der Waals surface area contributed by atoms with Gasteiger partial charge in [-0.3, -0.25) is 0 Å². The number of rotatable bonds is 2. The van der Waals surface area contributed by atoms with E-state index >= 15 is 0 Å². The number of aryl methyl sites for hydroxylation is 2. The quantitative estimate of drug-likeness (QED) is 0.462. The van der Waals surface area contributed by atoms with Crippen molar-refractivity contribution in [3.05, 3.63) is 87.1 Å². The standard InChI is InChI=1S/C24H19ClFN5/c1-13-3-5-15(6-4-13)23-22-17(18-11-16(25)7-8-19(18)29-22)9-10-31(23)24-28-14(2)21(26)20(12-27)30-24/h3-8,11,23,29H,9-10H2,1-2H3/t23-/m0/s1. The number of hydrogen-bond donors (Lipinski definition) is 1. The first-order valence-corrected chi connectivity index (χ1v) is 10.4. The summed E-state index contributed by atoms with van der Waals surface area (Å²) in [5.74, 6) is -0.320. The number of aromatic nitrogens is 3. The molecule has 0 saturated heterocycles. The normalized spacial score (nSPS) is 15.7. The van der Waals surface area contributed by atoms with Crippen LogP contribution >= 0.6 is 11.6 Å². The van der Waals surface area contributed by atoms with E-state index in [-0.39, 0.29) is 17.4 Å². The number of hydrogen-bond acceptors (Lipinski definition) is 4. The van der Waals surface area contributed by atoms with Crippen LogP contribution in [0.25, 0.3) is 10.9 Å². The number of benzene rings is 2. The number of nitrogens with zero attached hydrogens (tertiary/aromatic N) is 4. The van der Waals surface area contributed by atoms with Crippen LogP contribution in [0.3, 0.4) is 0 Å². The van der Waals surface area contributed by atoms with E-state index in [4.69, 9.17) is 11.6 Å². The minimum Gasteiger partial charge on any atom is -0.356 e. The first kappa shape index (κ1) is 19.5. The average molecular weight is 432 g/mol. The maximum Gasteiger partial charge on any atom is 0.227 e. The van der Waals surface area contributed by atoms with Gasteiger partial charge in [-0.05, 0) is 49.6 Å². The van der Waals surface area contributed by atoms with Crippen molar-refractivity contribution in [1.82, 2.24) is 15.0 Å². The van der Waals surface area contributed by atoms with Gasteiger partial charge in [0.2, 0.25) is 5.95 Å². The van der Waals surface area contributed by atoms with Gasteiger partial charge in [0.1, 0.15) is 6.07 Å². The Morgan fingerprint density at radius 2 is 1.94 bits per heavy atom. The lowest BCUT2D eigenvalue weighted by Gasteiger charge is -2.36. The minimum atomic E-state index is -0.670. The first-order valence-electron chi connectivity index (χ1n) is 10.0. The van der Waals surface area contributed by atoms with E-state index in [0.717, 1.165) is 34.1 Å². The van der Waals surface area contributed by atoms with Gasteiger partial charge in [0.25, 0.3) is 0 Å². The number of anilines is 1. The molecule has 2 aromatic heterocycles. The van der Waals surface area contributed by atoms with Crippen LogP contribution < -0.4 is 4.90 Å². The summed E-state index contributed by atoms with van der Waals surface area (Å²) < 4.78 is 14.2. The van der Waals surface area contributed by atoms with Gasteiger partial charge in [0.15, 0.2) is 11.5 Å². The average Bonchev–Trinajstić information content (AvgIpc) is 3.13. The van der Waals surface area contributed by atoms with Crippen molar-refractivity contribution in [1.29, 1.82) is 5.26 Å². The molecule has 0 fully saturated rings. The number of halogens is 2. The lowest BCUT2D eigenvalue weighted by atomic mass is 9.92. The summed E-state index contributed by atoms with van der Waals surface area (Å²) in [5.41, 5.74) is 5.42. The van der Waals surface area contributed by atoms with Gasteiger partial charge >= 0.3 is 0 Å². The molecule has 1 atom stereocenters. The second kappa shape index (κ2) is 7.36. The molecule has 31 heavy (non-hydrogen) atoms. The van der Waals surface area contributed by atoms with Gasteiger partial charge in [-0.15, -0.1) is 0 Å². The summed E-state index contributed by atoms with van der Waals surface area (Å²) >= 11 is 6.27. The number of nitriles is 1. The summed E-state index contributed by atoms with van der Waals surface area (Å²) in [5, 5.41) is 11.1. The second-order valence-electron chi connectivity index (χ2n) is 7.85. The van der Waals surface area contributed by atoms with Crippen LogP contribution in [0.5, 0.6) is 0 Å². The molecule has 5 rings (SSSR count). The Hall–Kier alpha value is -3.43. The molecule has 5 nitrogen and oxygen atoms in total. The van der Waals surface area contributed by atoms with E-state index in [2.05, 4.69) is 39.2 Å². The zero-order chi connectivity index (χ0) is 21.7. The molecule has 0 spiro atoms. The van der Waals surface area contributed by atoms with Gasteiger partial charge in [-0.1, -0.05) is 41.4 Å². The molecule has 0 amide bonds. The zero-order valence-corrected chi connectivity index (χ0v) is 17.8. The molecule has 4 aromatic rings. The SMILES string of the molecule is Cc1ccc([C@H]2c3[nH]c4ccc(Cl)cc4c3CCN2c2nc(C)c(F)c(C#N)n2)cc1. The van der Waals surface area contributed by atoms with Gasteiger partial charge in [0, 0.05) is 28.2 Å². The number of H-pyrrole nitrogens is 1. The monoisotopic (exact) mass is 431 g/mol. The second-order valence-corrected chi connectivity index (χ2v) is 8.28. The van der Waals surface area contributed by atoms with Crippen LogP contribution in [0.2, 0.25) is 5.02 Å². The Labute approximate surface area is 184 Å². The van der Waals surface area contributed by atoms with Crippen molar-refractivity contribution in [2.24, 2.45) is 0 Å². The maximum absolute atomic E-state index is 14.2. The molecule has 3 heterocycles. The summed E-state index contributed by atoms with van der Waals surface area (Å²) in [6.45, 7) is 4.23. The van der Waals surface area contributed by atoms with Crippen LogP contribution in [0, 0.1) is 31.0 Å². The number of aromatic amines is 1. The molecule has 0 aliphatic carbocycles. The van der Waals surface area contributed by atoms with Crippen LogP contribution in [0.4, 0.5) is 10.3 Å². The van der Waals surface area contributed by atoms with Crippen LogP contribution in [0.15, 0.2) is 42.5 Å². The molecular formula is C24H19ClFN5. The third-order valence-corrected chi connectivity index (χ3v) is 6.09.